The van der Waals surface area contributed by atoms with Crippen molar-refractivity contribution in [2.45, 2.75) is 56.8 Å². The molecular weight excluding hydrogens is 372 g/mol. The van der Waals surface area contributed by atoms with Gasteiger partial charge in [-0.05, 0) is 67.9 Å². The van der Waals surface area contributed by atoms with Crippen LogP contribution in [0, 0.1) is 19.8 Å². The second-order valence-electron chi connectivity index (χ2n) is 9.98. The standard InChI is InChI=1S/C26H28N2O2/c1-16-7-9-21-20(12-16)25(10-4-5-11-25)23(29)28(21)15-18-14-26(18)19-8-6-17(2)13-22(19)27(3)24(26)30/h6-9,12-13,18H,4-5,10-11,14-15H2,1-3H3. The first-order chi connectivity index (χ1) is 14.4. The summed E-state index contributed by atoms with van der Waals surface area (Å²) in [7, 11) is 1.89. The van der Waals surface area contributed by atoms with Crippen molar-refractivity contribution in [3.8, 4) is 0 Å². The number of benzene rings is 2. The highest BCUT2D eigenvalue weighted by Crippen LogP contribution is 2.63. The van der Waals surface area contributed by atoms with Crippen molar-refractivity contribution in [3.05, 3.63) is 58.7 Å². The van der Waals surface area contributed by atoms with E-state index in [4.69, 9.17) is 0 Å². The van der Waals surface area contributed by atoms with E-state index in [-0.39, 0.29) is 23.1 Å². The van der Waals surface area contributed by atoms with E-state index in [0.29, 0.717) is 6.54 Å². The van der Waals surface area contributed by atoms with Gasteiger partial charge < -0.3 is 9.80 Å². The van der Waals surface area contributed by atoms with Gasteiger partial charge in [0, 0.05) is 25.0 Å². The summed E-state index contributed by atoms with van der Waals surface area (Å²) in [6.07, 6.45) is 4.99. The van der Waals surface area contributed by atoms with Crippen LogP contribution < -0.4 is 9.80 Å². The van der Waals surface area contributed by atoms with Gasteiger partial charge in [0.2, 0.25) is 11.8 Å². The number of fused-ring (bicyclic) bond motifs is 4. The molecule has 30 heavy (non-hydrogen) atoms. The van der Waals surface area contributed by atoms with Crippen LogP contribution in [0.5, 0.6) is 0 Å². The predicted molar refractivity (Wildman–Crippen MR) is 118 cm³/mol. The van der Waals surface area contributed by atoms with Crippen molar-refractivity contribution in [2.24, 2.45) is 5.92 Å². The minimum absolute atomic E-state index is 0.186. The number of carbonyl (C=O) groups is 2. The van der Waals surface area contributed by atoms with E-state index in [1.54, 1.807) is 0 Å². The lowest BCUT2D eigenvalue weighted by Crippen LogP contribution is -2.40. The predicted octanol–water partition coefficient (Wildman–Crippen LogP) is 4.40. The molecule has 0 aromatic heterocycles. The highest BCUT2D eigenvalue weighted by molar-refractivity contribution is 6.11. The third-order valence-corrected chi connectivity index (χ3v) is 8.26. The van der Waals surface area contributed by atoms with Gasteiger partial charge in [-0.1, -0.05) is 42.7 Å². The zero-order valence-corrected chi connectivity index (χ0v) is 18.0. The number of nitrogens with zero attached hydrogens (tertiary/aromatic N) is 2. The van der Waals surface area contributed by atoms with Crippen LogP contribution in [-0.4, -0.2) is 25.4 Å². The highest BCUT2D eigenvalue weighted by atomic mass is 16.2. The maximum Gasteiger partial charge on any atom is 0.237 e. The average molecular weight is 401 g/mol. The van der Waals surface area contributed by atoms with Crippen LogP contribution in [0.4, 0.5) is 11.4 Å². The van der Waals surface area contributed by atoms with Gasteiger partial charge in [-0.15, -0.1) is 0 Å². The molecule has 0 saturated heterocycles. The van der Waals surface area contributed by atoms with Gasteiger partial charge in [-0.2, -0.15) is 0 Å². The van der Waals surface area contributed by atoms with Crippen molar-refractivity contribution < 1.29 is 9.59 Å². The molecular formula is C26H28N2O2. The summed E-state index contributed by atoms with van der Waals surface area (Å²) in [5.41, 5.74) is 6.13. The van der Waals surface area contributed by atoms with E-state index in [1.807, 2.05) is 16.8 Å². The number of amides is 2. The minimum Gasteiger partial charge on any atom is -0.314 e. The maximum absolute atomic E-state index is 13.7. The number of hydrogen-bond donors (Lipinski definition) is 0. The first-order valence-electron chi connectivity index (χ1n) is 11.2. The lowest BCUT2D eigenvalue weighted by atomic mass is 9.79. The van der Waals surface area contributed by atoms with Crippen LogP contribution in [0.2, 0.25) is 0 Å². The Balaban J connectivity index is 1.37. The average Bonchev–Trinajstić information content (AvgIpc) is 3.05. The quantitative estimate of drug-likeness (QED) is 0.750. The summed E-state index contributed by atoms with van der Waals surface area (Å²) in [5.74, 6) is 0.649. The summed E-state index contributed by atoms with van der Waals surface area (Å²) in [5, 5.41) is 0. The first kappa shape index (κ1) is 18.2. The molecule has 2 aromatic carbocycles. The normalized spacial score (nSPS) is 28.0. The van der Waals surface area contributed by atoms with Crippen molar-refractivity contribution in [1.29, 1.82) is 0 Å². The summed E-state index contributed by atoms with van der Waals surface area (Å²) in [6.45, 7) is 4.82. The minimum atomic E-state index is -0.436. The SMILES string of the molecule is Cc1ccc2c(c1)N(C)C(=O)C21CC1CN1C(=O)C2(CCCC2)c2cc(C)ccc21. The molecule has 2 aliphatic heterocycles. The van der Waals surface area contributed by atoms with Crippen molar-refractivity contribution in [1.82, 2.24) is 0 Å². The Bertz CT molecular complexity index is 1110. The zero-order chi connectivity index (χ0) is 20.8. The van der Waals surface area contributed by atoms with E-state index >= 15 is 0 Å². The summed E-state index contributed by atoms with van der Waals surface area (Å²) < 4.78 is 0. The molecule has 2 unspecified atom stereocenters. The van der Waals surface area contributed by atoms with E-state index in [1.165, 1.54) is 16.7 Å². The van der Waals surface area contributed by atoms with Crippen molar-refractivity contribution in [2.75, 3.05) is 23.4 Å². The molecule has 2 fully saturated rings. The number of anilines is 2. The third-order valence-electron chi connectivity index (χ3n) is 8.26. The molecule has 0 bridgehead atoms. The molecule has 2 aliphatic carbocycles. The Morgan fingerprint density at radius 1 is 0.900 bits per heavy atom. The summed E-state index contributed by atoms with van der Waals surface area (Å²) >= 11 is 0. The van der Waals surface area contributed by atoms with E-state index in [0.717, 1.165) is 49.0 Å². The van der Waals surface area contributed by atoms with Crippen molar-refractivity contribution in [3.63, 3.8) is 0 Å². The number of likely N-dealkylation sites (N-methyl/N-ethyl adjacent to an activating group) is 1. The molecule has 2 saturated carbocycles. The Hall–Kier alpha value is -2.62. The number of hydrogen-bond acceptors (Lipinski definition) is 2. The lowest BCUT2D eigenvalue weighted by Gasteiger charge is -2.24. The second kappa shape index (κ2) is 5.75. The van der Waals surface area contributed by atoms with Gasteiger partial charge in [-0.25, -0.2) is 0 Å². The molecule has 4 aliphatic rings. The Morgan fingerprint density at radius 2 is 1.60 bits per heavy atom. The molecule has 154 valence electrons. The van der Waals surface area contributed by atoms with Gasteiger partial charge in [-0.3, -0.25) is 9.59 Å². The van der Waals surface area contributed by atoms with Crippen LogP contribution in [0.15, 0.2) is 36.4 Å². The fourth-order valence-electron chi connectivity index (χ4n) is 6.58. The van der Waals surface area contributed by atoms with Crippen LogP contribution in [0.3, 0.4) is 0 Å². The van der Waals surface area contributed by atoms with Crippen LogP contribution >= 0.6 is 0 Å². The highest BCUT2D eigenvalue weighted by Gasteiger charge is 2.67. The van der Waals surface area contributed by atoms with E-state index in [9.17, 15) is 9.59 Å². The van der Waals surface area contributed by atoms with Gasteiger partial charge in [0.15, 0.2) is 0 Å². The molecule has 4 nitrogen and oxygen atoms in total. The summed E-state index contributed by atoms with van der Waals surface area (Å²) in [4.78, 5) is 30.9. The van der Waals surface area contributed by atoms with Gasteiger partial charge >= 0.3 is 0 Å². The van der Waals surface area contributed by atoms with Gasteiger partial charge in [0.25, 0.3) is 0 Å². The second-order valence-corrected chi connectivity index (χ2v) is 9.98. The van der Waals surface area contributed by atoms with Crippen LogP contribution in [0.25, 0.3) is 0 Å². The molecule has 6 rings (SSSR count). The maximum atomic E-state index is 13.7. The van der Waals surface area contributed by atoms with Crippen molar-refractivity contribution >= 4 is 23.2 Å². The first-order valence-corrected chi connectivity index (χ1v) is 11.2. The van der Waals surface area contributed by atoms with Crippen LogP contribution in [0.1, 0.15) is 54.4 Å². The third kappa shape index (κ3) is 2.07. The number of aryl methyl sites for hydroxylation is 2. The molecule has 0 N–H and O–H groups in total. The topological polar surface area (TPSA) is 40.6 Å². The molecule has 2 aromatic rings. The smallest absolute Gasteiger partial charge is 0.237 e. The Labute approximate surface area is 177 Å². The Kier molecular flexibility index (Phi) is 3.48. The molecule has 2 amide bonds. The molecule has 2 heterocycles. The molecule has 2 spiro atoms. The van der Waals surface area contributed by atoms with E-state index in [2.05, 4.69) is 50.2 Å². The molecule has 2 atom stereocenters. The fourth-order valence-corrected chi connectivity index (χ4v) is 6.58. The van der Waals surface area contributed by atoms with Gasteiger partial charge in [0.1, 0.15) is 0 Å². The van der Waals surface area contributed by atoms with Crippen LogP contribution in [-0.2, 0) is 20.4 Å². The van der Waals surface area contributed by atoms with E-state index < -0.39 is 5.41 Å². The molecule has 0 radical (unpaired) electrons. The monoisotopic (exact) mass is 400 g/mol. The number of rotatable bonds is 2. The fraction of sp³-hybridized carbons (Fsp3) is 0.462. The van der Waals surface area contributed by atoms with Gasteiger partial charge in [0.05, 0.1) is 10.8 Å². The lowest BCUT2D eigenvalue weighted by molar-refractivity contribution is -0.123. The Morgan fingerprint density at radius 3 is 2.37 bits per heavy atom. The zero-order valence-electron chi connectivity index (χ0n) is 18.0. The molecule has 4 heteroatoms. The largest absolute Gasteiger partial charge is 0.314 e. The summed E-state index contributed by atoms with van der Waals surface area (Å²) in [6, 6.07) is 12.8. The number of carbonyl (C=O) groups excluding carboxylic acids is 2.